The summed E-state index contributed by atoms with van der Waals surface area (Å²) < 4.78 is 30.3. The number of halogens is 1. The highest BCUT2D eigenvalue weighted by molar-refractivity contribution is 7.87. The molecule has 1 heterocycles. The number of carbonyl (C=O) groups excluding carboxylic acids is 3. The number of nitrogens with one attached hydrogen (secondary N) is 1. The van der Waals surface area contributed by atoms with Gasteiger partial charge in [-0.1, -0.05) is 60.5 Å². The van der Waals surface area contributed by atoms with Gasteiger partial charge < -0.3 is 4.18 Å². The largest absolute Gasteiger partial charge is 0.377 e. The third kappa shape index (κ3) is 5.02. The molecule has 4 rings (SSSR count). The van der Waals surface area contributed by atoms with Crippen molar-refractivity contribution in [2.24, 2.45) is 0 Å². The standard InChI is InChI=1S/C26H21ClN2O6S/c1-3-18-6-4-5-7-22(18)29-25(31)20(24(30)28-26(29)32)14-17-10-13-23(21(27)15-17)35-36(33,34)19-11-8-16(2)9-12-19/h4-15H,3H2,1-2H3,(H,28,30,32)/b20-14-. The number of benzene rings is 3. The number of hydrogen-bond acceptors (Lipinski definition) is 6. The molecular weight excluding hydrogens is 504 g/mol. The van der Waals surface area contributed by atoms with Gasteiger partial charge in [0.2, 0.25) is 0 Å². The van der Waals surface area contributed by atoms with Crippen LogP contribution in [0.25, 0.3) is 6.08 Å². The van der Waals surface area contributed by atoms with Gasteiger partial charge in [-0.05, 0) is 60.9 Å². The van der Waals surface area contributed by atoms with Gasteiger partial charge >= 0.3 is 16.1 Å². The van der Waals surface area contributed by atoms with Gasteiger partial charge in [-0.3, -0.25) is 14.9 Å². The average molecular weight is 525 g/mol. The van der Waals surface area contributed by atoms with Gasteiger partial charge in [-0.25, -0.2) is 9.69 Å². The minimum Gasteiger partial charge on any atom is -0.377 e. The molecule has 4 amide bonds. The van der Waals surface area contributed by atoms with Gasteiger partial charge in [0.05, 0.1) is 10.7 Å². The van der Waals surface area contributed by atoms with Crippen molar-refractivity contribution in [2.75, 3.05) is 4.90 Å². The van der Waals surface area contributed by atoms with Crippen LogP contribution in [0.5, 0.6) is 5.75 Å². The van der Waals surface area contributed by atoms with Gasteiger partial charge in [0.1, 0.15) is 10.5 Å². The molecule has 0 radical (unpaired) electrons. The van der Waals surface area contributed by atoms with Crippen molar-refractivity contribution in [1.82, 2.24) is 5.32 Å². The Morgan fingerprint density at radius 3 is 2.36 bits per heavy atom. The van der Waals surface area contributed by atoms with Gasteiger partial charge in [-0.15, -0.1) is 0 Å². The van der Waals surface area contributed by atoms with E-state index in [9.17, 15) is 22.8 Å². The number of imide groups is 2. The lowest BCUT2D eigenvalue weighted by Gasteiger charge is -2.28. The number of hydrogen-bond donors (Lipinski definition) is 1. The third-order valence-corrected chi connectivity index (χ3v) is 7.04. The molecule has 1 N–H and O–H groups in total. The molecule has 0 unspecified atom stereocenters. The molecule has 184 valence electrons. The summed E-state index contributed by atoms with van der Waals surface area (Å²) in [6.07, 6.45) is 1.85. The molecule has 0 atom stereocenters. The second-order valence-corrected chi connectivity index (χ2v) is 9.93. The Morgan fingerprint density at radius 2 is 1.69 bits per heavy atom. The summed E-state index contributed by atoms with van der Waals surface area (Å²) in [5, 5.41) is 2.13. The monoisotopic (exact) mass is 524 g/mol. The minimum atomic E-state index is -4.12. The van der Waals surface area contributed by atoms with Crippen molar-refractivity contribution in [3.63, 3.8) is 0 Å². The first kappa shape index (κ1) is 25.2. The molecule has 10 heteroatoms. The average Bonchev–Trinajstić information content (AvgIpc) is 2.84. The molecule has 1 aliphatic rings. The molecule has 0 aromatic heterocycles. The fourth-order valence-electron chi connectivity index (χ4n) is 3.62. The second kappa shape index (κ2) is 9.96. The molecule has 0 saturated carbocycles. The fraction of sp³-hybridized carbons (Fsp3) is 0.115. The van der Waals surface area contributed by atoms with Gasteiger partial charge in [0.15, 0.2) is 5.75 Å². The molecule has 1 aliphatic heterocycles. The summed E-state index contributed by atoms with van der Waals surface area (Å²) in [7, 11) is -4.12. The highest BCUT2D eigenvalue weighted by atomic mass is 35.5. The van der Waals surface area contributed by atoms with Crippen LogP contribution < -0.4 is 14.4 Å². The molecular formula is C26H21ClN2O6S. The third-order valence-electron chi connectivity index (χ3n) is 5.49. The fourth-order valence-corrected chi connectivity index (χ4v) is 4.84. The summed E-state index contributed by atoms with van der Waals surface area (Å²) >= 11 is 6.26. The number of amides is 4. The maximum Gasteiger partial charge on any atom is 0.339 e. The van der Waals surface area contributed by atoms with Crippen LogP contribution in [0.2, 0.25) is 5.02 Å². The summed E-state index contributed by atoms with van der Waals surface area (Å²) in [4.78, 5) is 39.1. The van der Waals surface area contributed by atoms with E-state index >= 15 is 0 Å². The number of carbonyl (C=O) groups is 3. The Kier molecular flexibility index (Phi) is 6.96. The van der Waals surface area contributed by atoms with E-state index in [2.05, 4.69) is 5.32 Å². The van der Waals surface area contributed by atoms with Gasteiger partial charge in [0.25, 0.3) is 11.8 Å². The number of barbiturate groups is 1. The van der Waals surface area contributed by atoms with Crippen LogP contribution in [0.3, 0.4) is 0 Å². The summed E-state index contributed by atoms with van der Waals surface area (Å²) in [5.74, 6) is -1.76. The molecule has 8 nitrogen and oxygen atoms in total. The van der Waals surface area contributed by atoms with Gasteiger partial charge in [-0.2, -0.15) is 8.42 Å². The van der Waals surface area contributed by atoms with Crippen LogP contribution in [0.15, 0.2) is 77.2 Å². The van der Waals surface area contributed by atoms with Crippen molar-refractivity contribution >= 4 is 51.3 Å². The minimum absolute atomic E-state index is 0.0306. The highest BCUT2D eigenvalue weighted by Gasteiger charge is 2.37. The maximum absolute atomic E-state index is 13.2. The van der Waals surface area contributed by atoms with Crippen molar-refractivity contribution in [2.45, 2.75) is 25.2 Å². The highest BCUT2D eigenvalue weighted by Crippen LogP contribution is 2.31. The topological polar surface area (TPSA) is 110 Å². The van der Waals surface area contributed by atoms with Gasteiger partial charge in [0, 0.05) is 0 Å². The van der Waals surface area contributed by atoms with Crippen molar-refractivity contribution in [1.29, 1.82) is 0 Å². The maximum atomic E-state index is 13.2. The molecule has 3 aromatic rings. The van der Waals surface area contributed by atoms with Crippen molar-refractivity contribution < 1.29 is 27.0 Å². The SMILES string of the molecule is CCc1ccccc1N1C(=O)NC(=O)/C(=C/c2ccc(OS(=O)(=O)c3ccc(C)cc3)c(Cl)c2)C1=O. The van der Waals surface area contributed by atoms with E-state index in [1.165, 1.54) is 36.4 Å². The quantitative estimate of drug-likeness (QED) is 0.286. The zero-order valence-corrected chi connectivity index (χ0v) is 20.9. The summed E-state index contributed by atoms with van der Waals surface area (Å²) in [5.41, 5.74) is 2.08. The summed E-state index contributed by atoms with van der Waals surface area (Å²) in [6, 6.07) is 16.3. The lowest BCUT2D eigenvalue weighted by molar-refractivity contribution is -0.122. The van der Waals surface area contributed by atoms with Crippen LogP contribution >= 0.6 is 11.6 Å². The van der Waals surface area contributed by atoms with E-state index in [1.807, 2.05) is 13.8 Å². The number of urea groups is 1. The smallest absolute Gasteiger partial charge is 0.339 e. The van der Waals surface area contributed by atoms with Crippen LogP contribution in [0.1, 0.15) is 23.6 Å². The first-order valence-electron chi connectivity index (χ1n) is 10.9. The zero-order valence-electron chi connectivity index (χ0n) is 19.3. The Hall–Kier alpha value is -3.95. The molecule has 3 aromatic carbocycles. The summed E-state index contributed by atoms with van der Waals surface area (Å²) in [6.45, 7) is 3.72. The van der Waals surface area contributed by atoms with Crippen LogP contribution in [0, 0.1) is 6.92 Å². The van der Waals surface area contributed by atoms with E-state index in [0.717, 1.165) is 16.0 Å². The first-order valence-corrected chi connectivity index (χ1v) is 12.7. The zero-order chi connectivity index (χ0) is 26.0. The van der Waals surface area contributed by atoms with Crippen LogP contribution in [-0.2, 0) is 26.1 Å². The lowest BCUT2D eigenvalue weighted by Crippen LogP contribution is -2.54. The molecule has 0 aliphatic carbocycles. The molecule has 1 saturated heterocycles. The van der Waals surface area contributed by atoms with Crippen LogP contribution in [0.4, 0.5) is 10.5 Å². The van der Waals surface area contributed by atoms with E-state index in [1.54, 1.807) is 36.4 Å². The second-order valence-electron chi connectivity index (χ2n) is 7.98. The van der Waals surface area contributed by atoms with Crippen molar-refractivity contribution in [3.05, 3.63) is 94.0 Å². The van der Waals surface area contributed by atoms with E-state index in [-0.39, 0.29) is 21.2 Å². The van der Waals surface area contributed by atoms with Crippen LogP contribution in [-0.4, -0.2) is 26.3 Å². The van der Waals surface area contributed by atoms with E-state index in [4.69, 9.17) is 15.8 Å². The molecule has 0 spiro atoms. The number of para-hydroxylation sites is 1. The Bertz CT molecular complexity index is 1510. The number of aryl methyl sites for hydroxylation is 2. The predicted octanol–water partition coefficient (Wildman–Crippen LogP) is 4.64. The molecule has 0 bridgehead atoms. The predicted molar refractivity (Wildman–Crippen MR) is 135 cm³/mol. The molecule has 1 fully saturated rings. The first-order chi connectivity index (χ1) is 17.1. The van der Waals surface area contributed by atoms with E-state index in [0.29, 0.717) is 17.7 Å². The number of rotatable bonds is 6. The Morgan fingerprint density at radius 1 is 1.00 bits per heavy atom. The van der Waals surface area contributed by atoms with Crippen molar-refractivity contribution in [3.8, 4) is 5.75 Å². The number of anilines is 1. The Labute approximate surface area is 213 Å². The lowest BCUT2D eigenvalue weighted by atomic mass is 10.0. The molecule has 36 heavy (non-hydrogen) atoms. The number of nitrogens with zero attached hydrogens (tertiary/aromatic N) is 1. The van der Waals surface area contributed by atoms with E-state index < -0.39 is 28.0 Å². The normalized spacial score (nSPS) is 15.2. The Balaban J connectivity index is 1.63.